The number of hydrogen-bond donors (Lipinski definition) is 0. The molecule has 0 heterocycles. The van der Waals surface area contributed by atoms with E-state index >= 15 is 0 Å². The maximum atomic E-state index is 2.40. The molecule has 0 aromatic rings. The van der Waals surface area contributed by atoms with Gasteiger partial charge >= 0.3 is 0 Å². The summed E-state index contributed by atoms with van der Waals surface area (Å²) in [5.41, 5.74) is 1.56. The maximum absolute atomic E-state index is 2.40. The van der Waals surface area contributed by atoms with E-state index in [1.54, 1.807) is 5.57 Å². The van der Waals surface area contributed by atoms with Crippen molar-refractivity contribution in [3.63, 3.8) is 0 Å². The normalized spacial score (nSPS) is 13.1. The van der Waals surface area contributed by atoms with Gasteiger partial charge < -0.3 is 0 Å². The van der Waals surface area contributed by atoms with Gasteiger partial charge in [-0.1, -0.05) is 39.3 Å². The van der Waals surface area contributed by atoms with Crippen molar-refractivity contribution in [3.05, 3.63) is 11.6 Å². The summed E-state index contributed by atoms with van der Waals surface area (Å²) in [5.74, 6) is 1.65. The van der Waals surface area contributed by atoms with Gasteiger partial charge in [-0.3, -0.25) is 0 Å². The third kappa shape index (κ3) is 7.84. The lowest BCUT2D eigenvalue weighted by molar-refractivity contribution is 0.588. The molecule has 0 N–H and O–H groups in total. The Bertz CT molecular complexity index is 129. The molecule has 0 nitrogen and oxygen atoms in total. The summed E-state index contributed by atoms with van der Waals surface area (Å²) in [6, 6.07) is 0. The minimum atomic E-state index is 0.806. The van der Waals surface area contributed by atoms with E-state index in [4.69, 9.17) is 0 Å². The number of allylic oxidation sites excluding steroid dienone is 2. The monoisotopic (exact) mass is 168 g/mol. The van der Waals surface area contributed by atoms with E-state index in [1.807, 2.05) is 0 Å². The van der Waals surface area contributed by atoms with Gasteiger partial charge in [0.2, 0.25) is 0 Å². The smallest absolute Gasteiger partial charge is 0.0300 e. The van der Waals surface area contributed by atoms with Crippen LogP contribution in [0.15, 0.2) is 11.6 Å². The van der Waals surface area contributed by atoms with Crippen molar-refractivity contribution < 1.29 is 0 Å². The van der Waals surface area contributed by atoms with Gasteiger partial charge in [-0.15, -0.1) is 0 Å². The summed E-state index contributed by atoms with van der Waals surface area (Å²) in [7, 11) is 0. The standard InChI is InChI=1S/C12H24/c1-10(2)7-6-8-12(5)9-11(3)4/h8,10-11H,6-7,9H2,1-5H3/b12-8+. The average molecular weight is 168 g/mol. The van der Waals surface area contributed by atoms with Crippen LogP contribution in [0.2, 0.25) is 0 Å². The molecule has 0 atom stereocenters. The summed E-state index contributed by atoms with van der Waals surface area (Å²) in [6.07, 6.45) is 6.25. The van der Waals surface area contributed by atoms with Crippen LogP contribution >= 0.6 is 0 Å². The van der Waals surface area contributed by atoms with Gasteiger partial charge in [-0.2, -0.15) is 0 Å². The van der Waals surface area contributed by atoms with Gasteiger partial charge in [0.05, 0.1) is 0 Å². The van der Waals surface area contributed by atoms with Gasteiger partial charge in [-0.25, -0.2) is 0 Å². The predicted octanol–water partition coefficient (Wildman–Crippen LogP) is 4.42. The first-order chi connectivity index (χ1) is 5.52. The molecular weight excluding hydrogens is 144 g/mol. The molecule has 0 aliphatic heterocycles. The van der Waals surface area contributed by atoms with Gasteiger partial charge in [0.1, 0.15) is 0 Å². The zero-order valence-electron chi connectivity index (χ0n) is 9.35. The Labute approximate surface area is 78.1 Å². The minimum absolute atomic E-state index is 0.806. The van der Waals surface area contributed by atoms with Crippen molar-refractivity contribution >= 4 is 0 Å². The molecule has 0 spiro atoms. The highest BCUT2D eigenvalue weighted by Crippen LogP contribution is 2.12. The maximum Gasteiger partial charge on any atom is -0.0300 e. The average Bonchev–Trinajstić information content (AvgIpc) is 1.84. The zero-order chi connectivity index (χ0) is 9.56. The summed E-state index contributed by atoms with van der Waals surface area (Å²) in [4.78, 5) is 0. The van der Waals surface area contributed by atoms with Gasteiger partial charge in [-0.05, 0) is 38.0 Å². The second-order valence-corrected chi connectivity index (χ2v) is 4.62. The van der Waals surface area contributed by atoms with E-state index in [0.29, 0.717) is 0 Å². The first-order valence-corrected chi connectivity index (χ1v) is 5.18. The molecule has 0 radical (unpaired) electrons. The fraction of sp³-hybridized carbons (Fsp3) is 0.833. The Morgan fingerprint density at radius 2 is 1.67 bits per heavy atom. The fourth-order valence-corrected chi connectivity index (χ4v) is 1.39. The lowest BCUT2D eigenvalue weighted by Gasteiger charge is -2.05. The molecule has 0 heteroatoms. The first kappa shape index (κ1) is 11.7. The highest BCUT2D eigenvalue weighted by atomic mass is 14.0. The van der Waals surface area contributed by atoms with Crippen LogP contribution in [0.25, 0.3) is 0 Å². The topological polar surface area (TPSA) is 0 Å². The van der Waals surface area contributed by atoms with E-state index < -0.39 is 0 Å². The van der Waals surface area contributed by atoms with E-state index in [9.17, 15) is 0 Å². The van der Waals surface area contributed by atoms with E-state index in [2.05, 4.69) is 40.7 Å². The van der Waals surface area contributed by atoms with Crippen molar-refractivity contribution in [2.24, 2.45) is 11.8 Å². The summed E-state index contributed by atoms with van der Waals surface area (Å²) < 4.78 is 0. The molecule has 0 fully saturated rings. The molecule has 0 aliphatic carbocycles. The molecule has 0 aliphatic rings. The summed E-state index contributed by atoms with van der Waals surface area (Å²) >= 11 is 0. The van der Waals surface area contributed by atoms with Crippen LogP contribution in [0.5, 0.6) is 0 Å². The lowest BCUT2D eigenvalue weighted by atomic mass is 10.0. The Hall–Kier alpha value is -0.260. The molecule has 0 aromatic carbocycles. The third-order valence-corrected chi connectivity index (χ3v) is 1.97. The van der Waals surface area contributed by atoms with Crippen molar-refractivity contribution in [1.82, 2.24) is 0 Å². The van der Waals surface area contributed by atoms with Crippen molar-refractivity contribution in [2.45, 2.75) is 53.9 Å². The Morgan fingerprint density at radius 3 is 2.08 bits per heavy atom. The van der Waals surface area contributed by atoms with Crippen LogP contribution < -0.4 is 0 Å². The molecule has 0 rings (SSSR count). The molecule has 0 saturated heterocycles. The molecule has 0 bridgehead atoms. The SMILES string of the molecule is C/C(=C\CCC(C)C)CC(C)C. The highest BCUT2D eigenvalue weighted by Gasteiger charge is 1.96. The number of rotatable bonds is 5. The van der Waals surface area contributed by atoms with Crippen molar-refractivity contribution in [1.29, 1.82) is 0 Å². The van der Waals surface area contributed by atoms with E-state index in [-0.39, 0.29) is 0 Å². The van der Waals surface area contributed by atoms with Crippen molar-refractivity contribution in [2.75, 3.05) is 0 Å². The summed E-state index contributed by atoms with van der Waals surface area (Å²) in [6.45, 7) is 11.4. The van der Waals surface area contributed by atoms with Gasteiger partial charge in [0.25, 0.3) is 0 Å². The zero-order valence-corrected chi connectivity index (χ0v) is 9.35. The second-order valence-electron chi connectivity index (χ2n) is 4.62. The van der Waals surface area contributed by atoms with Crippen LogP contribution in [0.3, 0.4) is 0 Å². The lowest BCUT2D eigenvalue weighted by Crippen LogP contribution is -1.89. The molecule has 0 amide bonds. The molecule has 0 unspecified atom stereocenters. The van der Waals surface area contributed by atoms with Crippen LogP contribution in [0, 0.1) is 11.8 Å². The second kappa shape index (κ2) is 6.28. The van der Waals surface area contributed by atoms with Gasteiger partial charge in [0, 0.05) is 0 Å². The molecule has 12 heavy (non-hydrogen) atoms. The van der Waals surface area contributed by atoms with Crippen LogP contribution in [-0.2, 0) is 0 Å². The minimum Gasteiger partial charge on any atom is -0.0856 e. The van der Waals surface area contributed by atoms with Crippen LogP contribution in [0.1, 0.15) is 53.9 Å². The Morgan fingerprint density at radius 1 is 1.08 bits per heavy atom. The van der Waals surface area contributed by atoms with Crippen LogP contribution in [0.4, 0.5) is 0 Å². The van der Waals surface area contributed by atoms with Crippen LogP contribution in [-0.4, -0.2) is 0 Å². The first-order valence-electron chi connectivity index (χ1n) is 5.18. The summed E-state index contributed by atoms with van der Waals surface area (Å²) in [5, 5.41) is 0. The third-order valence-electron chi connectivity index (χ3n) is 1.97. The molecular formula is C12H24. The van der Waals surface area contributed by atoms with Gasteiger partial charge in [0.15, 0.2) is 0 Å². The largest absolute Gasteiger partial charge is 0.0856 e. The van der Waals surface area contributed by atoms with E-state index in [1.165, 1.54) is 19.3 Å². The quantitative estimate of drug-likeness (QED) is 0.533. The Kier molecular flexibility index (Phi) is 6.14. The molecule has 72 valence electrons. The molecule has 0 saturated carbocycles. The highest BCUT2D eigenvalue weighted by molar-refractivity contribution is 4.98. The Balaban J connectivity index is 3.55. The van der Waals surface area contributed by atoms with Crippen molar-refractivity contribution in [3.8, 4) is 0 Å². The number of hydrogen-bond acceptors (Lipinski definition) is 0. The predicted molar refractivity (Wildman–Crippen MR) is 57.3 cm³/mol. The van der Waals surface area contributed by atoms with E-state index in [0.717, 1.165) is 11.8 Å². The molecule has 0 aromatic heterocycles. The fourth-order valence-electron chi connectivity index (χ4n) is 1.39.